The molecule has 2 aromatic rings. The van der Waals surface area contributed by atoms with E-state index in [-0.39, 0.29) is 6.10 Å². The molecule has 1 fully saturated rings. The molecule has 0 saturated heterocycles. The molecule has 110 valence electrons. The van der Waals surface area contributed by atoms with E-state index in [9.17, 15) is 0 Å². The minimum Gasteiger partial charge on any atom is -0.483 e. The van der Waals surface area contributed by atoms with Crippen LogP contribution in [0.3, 0.4) is 0 Å². The largest absolute Gasteiger partial charge is 0.483 e. The highest BCUT2D eigenvalue weighted by atomic mass is 32.1. The van der Waals surface area contributed by atoms with Crippen LogP contribution in [0, 0.1) is 0 Å². The third-order valence-electron chi connectivity index (χ3n) is 3.98. The van der Waals surface area contributed by atoms with Crippen LogP contribution in [0.2, 0.25) is 0 Å². The monoisotopic (exact) mass is 301 g/mol. The van der Waals surface area contributed by atoms with E-state index in [0.29, 0.717) is 0 Å². The van der Waals surface area contributed by atoms with Gasteiger partial charge in [-0.15, -0.1) is 10.2 Å². The van der Waals surface area contributed by atoms with E-state index >= 15 is 0 Å². The van der Waals surface area contributed by atoms with E-state index in [2.05, 4.69) is 27.6 Å². The first-order chi connectivity index (χ1) is 10.4. The zero-order valence-corrected chi connectivity index (χ0v) is 12.7. The lowest BCUT2D eigenvalue weighted by molar-refractivity contribution is 0.237. The molecule has 0 radical (unpaired) electrons. The zero-order chi connectivity index (χ0) is 14.1. The molecule has 4 rings (SSSR count). The number of hydrogen-bond acceptors (Lipinski definition) is 5. The summed E-state index contributed by atoms with van der Waals surface area (Å²) in [7, 11) is 0. The number of benzene rings is 1. The normalized spacial score (nSPS) is 20.3. The van der Waals surface area contributed by atoms with Crippen LogP contribution in [0.1, 0.15) is 40.9 Å². The second-order valence-electron chi connectivity index (χ2n) is 5.78. The third kappa shape index (κ3) is 3.09. The number of para-hydroxylation sites is 1. The number of aryl methyl sites for hydroxylation is 1. The molecule has 5 heteroatoms. The second-order valence-corrected chi connectivity index (χ2v) is 6.88. The number of fused-ring (bicyclic) bond motifs is 1. The van der Waals surface area contributed by atoms with Crippen LogP contribution < -0.4 is 10.1 Å². The Morgan fingerprint density at radius 2 is 2.14 bits per heavy atom. The van der Waals surface area contributed by atoms with Crippen molar-refractivity contribution in [3.8, 4) is 5.75 Å². The maximum atomic E-state index is 5.97. The zero-order valence-electron chi connectivity index (χ0n) is 11.9. The number of aromatic nitrogens is 2. The van der Waals surface area contributed by atoms with Crippen molar-refractivity contribution in [3.05, 3.63) is 39.8 Å². The Hall–Kier alpha value is -1.46. The summed E-state index contributed by atoms with van der Waals surface area (Å²) in [6.07, 6.45) is 5.81. The van der Waals surface area contributed by atoms with Crippen molar-refractivity contribution in [2.24, 2.45) is 0 Å². The van der Waals surface area contributed by atoms with Gasteiger partial charge in [-0.25, -0.2) is 0 Å². The lowest BCUT2D eigenvalue weighted by Crippen LogP contribution is -2.17. The third-order valence-corrected chi connectivity index (χ3v) is 5.06. The lowest BCUT2D eigenvalue weighted by Gasteiger charge is -2.05. The summed E-state index contributed by atoms with van der Waals surface area (Å²) >= 11 is 1.70. The second kappa shape index (κ2) is 5.73. The van der Waals surface area contributed by atoms with E-state index < -0.39 is 0 Å². The van der Waals surface area contributed by atoms with Crippen molar-refractivity contribution in [3.63, 3.8) is 0 Å². The molecule has 1 unspecified atom stereocenters. The highest BCUT2D eigenvalue weighted by molar-refractivity contribution is 7.11. The van der Waals surface area contributed by atoms with Gasteiger partial charge in [-0.3, -0.25) is 0 Å². The Balaban J connectivity index is 1.32. The molecule has 2 aliphatic rings. The predicted molar refractivity (Wildman–Crippen MR) is 82.8 cm³/mol. The minimum atomic E-state index is 0.0539. The molecule has 1 aromatic carbocycles. The Morgan fingerprint density at radius 3 is 3.00 bits per heavy atom. The van der Waals surface area contributed by atoms with Gasteiger partial charge in [-0.1, -0.05) is 29.5 Å². The Bertz CT molecular complexity index is 598. The van der Waals surface area contributed by atoms with Gasteiger partial charge < -0.3 is 10.1 Å². The van der Waals surface area contributed by atoms with Crippen LogP contribution in [0.5, 0.6) is 5.75 Å². The first-order valence-electron chi connectivity index (χ1n) is 7.69. The Labute approximate surface area is 128 Å². The Morgan fingerprint density at radius 1 is 1.24 bits per heavy atom. The molecular weight excluding hydrogens is 282 g/mol. The molecular formula is C16H19N3OS. The van der Waals surface area contributed by atoms with Crippen molar-refractivity contribution in [2.75, 3.05) is 6.54 Å². The number of rotatable bonds is 6. The van der Waals surface area contributed by atoms with E-state index in [1.165, 1.54) is 18.4 Å². The quantitative estimate of drug-likeness (QED) is 0.833. The first kappa shape index (κ1) is 13.2. The standard InChI is InChI=1S/C16H19N3OS/c1-2-5-13-11(4-1)10-14(20-13)16-19-18-15(21-16)6-3-9-17-12-7-8-12/h1-2,4-5,12,14,17H,3,6-10H2. The van der Waals surface area contributed by atoms with Crippen molar-refractivity contribution in [2.45, 2.75) is 44.2 Å². The van der Waals surface area contributed by atoms with Crippen LogP contribution in [0.25, 0.3) is 0 Å². The van der Waals surface area contributed by atoms with Crippen LogP contribution in [0.4, 0.5) is 0 Å². The smallest absolute Gasteiger partial charge is 0.158 e. The molecule has 1 aromatic heterocycles. The van der Waals surface area contributed by atoms with Crippen molar-refractivity contribution in [1.29, 1.82) is 0 Å². The number of nitrogens with zero attached hydrogens (tertiary/aromatic N) is 2. The topological polar surface area (TPSA) is 47.0 Å². The van der Waals surface area contributed by atoms with Gasteiger partial charge in [-0.2, -0.15) is 0 Å². The van der Waals surface area contributed by atoms with Crippen LogP contribution in [0.15, 0.2) is 24.3 Å². The molecule has 1 aliphatic carbocycles. The summed E-state index contributed by atoms with van der Waals surface area (Å²) in [5, 5.41) is 14.3. The summed E-state index contributed by atoms with van der Waals surface area (Å²) in [4.78, 5) is 0. The Kier molecular flexibility index (Phi) is 3.61. The summed E-state index contributed by atoms with van der Waals surface area (Å²) in [6, 6.07) is 9.02. The summed E-state index contributed by atoms with van der Waals surface area (Å²) in [6.45, 7) is 1.09. The highest BCUT2D eigenvalue weighted by Crippen LogP contribution is 2.37. The van der Waals surface area contributed by atoms with E-state index in [0.717, 1.165) is 47.6 Å². The molecule has 21 heavy (non-hydrogen) atoms. The van der Waals surface area contributed by atoms with Crippen LogP contribution >= 0.6 is 11.3 Å². The number of ether oxygens (including phenoxy) is 1. The van der Waals surface area contributed by atoms with E-state index in [1.807, 2.05) is 12.1 Å². The summed E-state index contributed by atoms with van der Waals surface area (Å²) < 4.78 is 5.97. The van der Waals surface area contributed by atoms with Gasteiger partial charge in [0.15, 0.2) is 11.1 Å². The maximum absolute atomic E-state index is 5.97. The fourth-order valence-corrected chi connectivity index (χ4v) is 3.56. The average molecular weight is 301 g/mol. The van der Waals surface area contributed by atoms with Crippen molar-refractivity contribution >= 4 is 11.3 Å². The van der Waals surface area contributed by atoms with Gasteiger partial charge in [0.1, 0.15) is 10.8 Å². The SMILES string of the molecule is c1ccc2c(c1)CC(c1nnc(CCCNC3CC3)s1)O2. The van der Waals surface area contributed by atoms with Gasteiger partial charge in [0, 0.05) is 18.9 Å². The molecule has 4 nitrogen and oxygen atoms in total. The molecule has 1 saturated carbocycles. The van der Waals surface area contributed by atoms with Crippen molar-refractivity contribution < 1.29 is 4.74 Å². The van der Waals surface area contributed by atoms with Crippen molar-refractivity contribution in [1.82, 2.24) is 15.5 Å². The van der Waals surface area contributed by atoms with E-state index in [4.69, 9.17) is 4.74 Å². The molecule has 0 spiro atoms. The van der Waals surface area contributed by atoms with Gasteiger partial charge in [0.25, 0.3) is 0 Å². The van der Waals surface area contributed by atoms with Crippen LogP contribution in [-0.2, 0) is 12.8 Å². The molecule has 1 atom stereocenters. The lowest BCUT2D eigenvalue weighted by atomic mass is 10.1. The molecule has 0 bridgehead atoms. The molecule has 0 amide bonds. The fraction of sp³-hybridized carbons (Fsp3) is 0.500. The summed E-state index contributed by atoms with van der Waals surface area (Å²) in [5.74, 6) is 0.993. The molecule has 1 aliphatic heterocycles. The maximum Gasteiger partial charge on any atom is 0.158 e. The fourth-order valence-electron chi connectivity index (χ4n) is 2.65. The van der Waals surface area contributed by atoms with Crippen LogP contribution in [-0.4, -0.2) is 22.8 Å². The highest BCUT2D eigenvalue weighted by Gasteiger charge is 2.27. The minimum absolute atomic E-state index is 0.0539. The average Bonchev–Trinajstić information content (AvgIpc) is 3.04. The molecule has 1 N–H and O–H groups in total. The van der Waals surface area contributed by atoms with Gasteiger partial charge in [0.05, 0.1) is 0 Å². The summed E-state index contributed by atoms with van der Waals surface area (Å²) in [5.41, 5.74) is 1.27. The predicted octanol–water partition coefficient (Wildman–Crippen LogP) is 2.90. The molecule has 2 heterocycles. The van der Waals surface area contributed by atoms with Gasteiger partial charge in [0.2, 0.25) is 0 Å². The van der Waals surface area contributed by atoms with Gasteiger partial charge >= 0.3 is 0 Å². The first-order valence-corrected chi connectivity index (χ1v) is 8.50. The van der Waals surface area contributed by atoms with Gasteiger partial charge in [-0.05, 0) is 37.4 Å². The van der Waals surface area contributed by atoms with E-state index in [1.54, 1.807) is 11.3 Å². The number of nitrogens with one attached hydrogen (secondary N) is 1. The number of hydrogen-bond donors (Lipinski definition) is 1.